The van der Waals surface area contributed by atoms with Crippen LogP contribution < -0.4 is 4.74 Å². The van der Waals surface area contributed by atoms with Crippen molar-refractivity contribution in [3.63, 3.8) is 0 Å². The van der Waals surface area contributed by atoms with Gasteiger partial charge in [-0.15, -0.1) is 0 Å². The lowest BCUT2D eigenvalue weighted by molar-refractivity contribution is 0.0632. The van der Waals surface area contributed by atoms with Gasteiger partial charge in [0, 0.05) is 37.7 Å². The highest BCUT2D eigenvalue weighted by atomic mass is 19.2. The van der Waals surface area contributed by atoms with Crippen LogP contribution in [0, 0.1) is 17.6 Å². The highest BCUT2D eigenvalue weighted by molar-refractivity contribution is 5.97. The van der Waals surface area contributed by atoms with E-state index in [-0.39, 0.29) is 23.3 Å². The summed E-state index contributed by atoms with van der Waals surface area (Å²) in [6.45, 7) is 2.97. The van der Waals surface area contributed by atoms with Crippen LogP contribution in [0.3, 0.4) is 0 Å². The smallest absolute Gasteiger partial charge is 0.257 e. The molecule has 1 unspecified atom stereocenters. The predicted octanol–water partition coefficient (Wildman–Crippen LogP) is 4.13. The van der Waals surface area contributed by atoms with Gasteiger partial charge in [-0.1, -0.05) is 12.1 Å². The molecule has 2 aromatic carbocycles. The van der Waals surface area contributed by atoms with Crippen molar-refractivity contribution < 1.29 is 23.1 Å². The maximum atomic E-state index is 13.5. The first kappa shape index (κ1) is 21.3. The van der Waals surface area contributed by atoms with Crippen molar-refractivity contribution in [1.82, 2.24) is 9.80 Å². The molecular weight excluding hydrogens is 402 g/mol. The first-order chi connectivity index (χ1) is 15.0. The Morgan fingerprint density at radius 1 is 0.903 bits per heavy atom. The van der Waals surface area contributed by atoms with Crippen LogP contribution in [0.25, 0.3) is 0 Å². The zero-order chi connectivity index (χ0) is 21.8. The largest absolute Gasteiger partial charge is 0.492 e. The summed E-state index contributed by atoms with van der Waals surface area (Å²) in [4.78, 5) is 29.0. The number of likely N-dealkylation sites (tertiary alicyclic amines) is 2. The summed E-state index contributed by atoms with van der Waals surface area (Å²) in [5.41, 5.74) is 0.706. The molecule has 2 amide bonds. The highest BCUT2D eigenvalue weighted by Gasteiger charge is 2.27. The fraction of sp³-hybridized carbons (Fsp3) is 0.417. The number of para-hydroxylation sites is 1. The Hall–Kier alpha value is -2.96. The van der Waals surface area contributed by atoms with E-state index < -0.39 is 11.6 Å². The molecule has 5 nitrogen and oxygen atoms in total. The minimum Gasteiger partial charge on any atom is -0.492 e. The average Bonchev–Trinajstić information content (AvgIpc) is 3.34. The SMILES string of the molecule is O=C(c1ccc(F)c(F)c1)N1CCCC(COc2ccccc2C(=O)N2CCCC2)C1. The van der Waals surface area contributed by atoms with Gasteiger partial charge in [0.15, 0.2) is 11.6 Å². The highest BCUT2D eigenvalue weighted by Crippen LogP contribution is 2.25. The molecule has 0 radical (unpaired) electrons. The van der Waals surface area contributed by atoms with Crippen molar-refractivity contribution in [3.05, 3.63) is 65.2 Å². The topological polar surface area (TPSA) is 49.9 Å². The minimum atomic E-state index is -1.03. The van der Waals surface area contributed by atoms with E-state index in [2.05, 4.69) is 0 Å². The molecule has 2 aliphatic rings. The van der Waals surface area contributed by atoms with Crippen LogP contribution in [0.1, 0.15) is 46.4 Å². The van der Waals surface area contributed by atoms with Gasteiger partial charge in [0.25, 0.3) is 11.8 Å². The fourth-order valence-electron chi connectivity index (χ4n) is 4.26. The van der Waals surface area contributed by atoms with Crippen molar-refractivity contribution in [2.75, 3.05) is 32.8 Å². The van der Waals surface area contributed by atoms with Crippen LogP contribution in [0.5, 0.6) is 5.75 Å². The van der Waals surface area contributed by atoms with Crippen LogP contribution in [0.4, 0.5) is 8.78 Å². The van der Waals surface area contributed by atoms with Gasteiger partial charge in [-0.2, -0.15) is 0 Å². The number of nitrogens with zero attached hydrogens (tertiary/aromatic N) is 2. The number of halogens is 2. The van der Waals surface area contributed by atoms with E-state index in [1.54, 1.807) is 17.0 Å². The third-order valence-electron chi connectivity index (χ3n) is 5.96. The van der Waals surface area contributed by atoms with Gasteiger partial charge in [-0.3, -0.25) is 9.59 Å². The molecule has 0 spiro atoms. The Morgan fingerprint density at radius 3 is 2.42 bits per heavy atom. The normalized spacial score (nSPS) is 18.8. The Labute approximate surface area is 180 Å². The van der Waals surface area contributed by atoms with Crippen LogP contribution in [-0.4, -0.2) is 54.4 Å². The standard InChI is InChI=1S/C24H26F2N2O3/c25-20-10-9-18(14-21(20)26)23(29)28-13-5-6-17(15-28)16-31-22-8-2-1-7-19(22)24(30)27-11-3-4-12-27/h1-2,7-10,14,17H,3-6,11-13,15-16H2. The number of hydrogen-bond acceptors (Lipinski definition) is 3. The molecule has 2 saturated heterocycles. The predicted molar refractivity (Wildman–Crippen MR) is 112 cm³/mol. The number of benzene rings is 2. The lowest BCUT2D eigenvalue weighted by atomic mass is 9.98. The maximum absolute atomic E-state index is 13.5. The quantitative estimate of drug-likeness (QED) is 0.720. The molecule has 164 valence electrons. The van der Waals surface area contributed by atoms with Crippen LogP contribution in [-0.2, 0) is 0 Å². The zero-order valence-corrected chi connectivity index (χ0v) is 17.4. The summed E-state index contributed by atoms with van der Waals surface area (Å²) in [6.07, 6.45) is 3.75. The Morgan fingerprint density at radius 2 is 1.65 bits per heavy atom. The third-order valence-corrected chi connectivity index (χ3v) is 5.96. The van der Waals surface area contributed by atoms with Gasteiger partial charge in [0.05, 0.1) is 12.2 Å². The van der Waals surface area contributed by atoms with E-state index in [1.807, 2.05) is 17.0 Å². The van der Waals surface area contributed by atoms with Gasteiger partial charge in [0.2, 0.25) is 0 Å². The van der Waals surface area contributed by atoms with Gasteiger partial charge >= 0.3 is 0 Å². The molecule has 0 saturated carbocycles. The first-order valence-corrected chi connectivity index (χ1v) is 10.8. The minimum absolute atomic E-state index is 0.00751. The molecule has 7 heteroatoms. The number of carbonyl (C=O) groups is 2. The summed E-state index contributed by atoms with van der Waals surface area (Å²) in [5.74, 6) is -1.66. The molecule has 31 heavy (non-hydrogen) atoms. The summed E-state index contributed by atoms with van der Waals surface area (Å²) in [7, 11) is 0. The van der Waals surface area contributed by atoms with Crippen molar-refractivity contribution >= 4 is 11.8 Å². The van der Waals surface area contributed by atoms with Crippen molar-refractivity contribution in [1.29, 1.82) is 0 Å². The third kappa shape index (κ3) is 4.86. The summed E-state index contributed by atoms with van der Waals surface area (Å²) in [6, 6.07) is 10.5. The Bertz CT molecular complexity index is 960. The number of hydrogen-bond donors (Lipinski definition) is 0. The molecule has 0 aromatic heterocycles. The van der Waals surface area contributed by atoms with Crippen LogP contribution >= 0.6 is 0 Å². The molecule has 0 bridgehead atoms. The number of rotatable bonds is 5. The van der Waals surface area contributed by atoms with Crippen LogP contribution in [0.2, 0.25) is 0 Å². The lowest BCUT2D eigenvalue weighted by Gasteiger charge is -2.33. The van der Waals surface area contributed by atoms with E-state index in [0.29, 0.717) is 31.0 Å². The molecule has 0 aliphatic carbocycles. The first-order valence-electron chi connectivity index (χ1n) is 10.8. The number of amides is 2. The van der Waals surface area contributed by atoms with Gasteiger partial charge in [0.1, 0.15) is 5.75 Å². The van der Waals surface area contributed by atoms with Crippen LogP contribution in [0.15, 0.2) is 42.5 Å². The summed E-state index contributed by atoms with van der Waals surface area (Å²) >= 11 is 0. The second-order valence-electron chi connectivity index (χ2n) is 8.19. The van der Waals surface area contributed by atoms with E-state index in [0.717, 1.165) is 50.9 Å². The molecule has 2 aliphatic heterocycles. The van der Waals surface area contributed by atoms with E-state index in [4.69, 9.17) is 4.74 Å². The monoisotopic (exact) mass is 428 g/mol. The van der Waals surface area contributed by atoms with Crippen molar-refractivity contribution in [2.24, 2.45) is 5.92 Å². The van der Waals surface area contributed by atoms with E-state index in [9.17, 15) is 18.4 Å². The molecular formula is C24H26F2N2O3. The number of carbonyl (C=O) groups excluding carboxylic acids is 2. The van der Waals surface area contributed by atoms with Gasteiger partial charge in [-0.25, -0.2) is 8.78 Å². The van der Waals surface area contributed by atoms with E-state index >= 15 is 0 Å². The fourth-order valence-corrected chi connectivity index (χ4v) is 4.26. The molecule has 2 fully saturated rings. The molecule has 1 atom stereocenters. The molecule has 4 rings (SSSR count). The summed E-state index contributed by atoms with van der Waals surface area (Å²) < 4.78 is 32.7. The maximum Gasteiger partial charge on any atom is 0.257 e. The zero-order valence-electron chi connectivity index (χ0n) is 17.4. The van der Waals surface area contributed by atoms with Crippen molar-refractivity contribution in [2.45, 2.75) is 25.7 Å². The second-order valence-corrected chi connectivity index (χ2v) is 8.19. The number of piperidine rings is 1. The van der Waals surface area contributed by atoms with E-state index in [1.165, 1.54) is 6.07 Å². The molecule has 2 aromatic rings. The summed E-state index contributed by atoms with van der Waals surface area (Å²) in [5, 5.41) is 0. The average molecular weight is 428 g/mol. The lowest BCUT2D eigenvalue weighted by Crippen LogP contribution is -2.41. The van der Waals surface area contributed by atoms with Gasteiger partial charge in [-0.05, 0) is 56.0 Å². The Balaban J connectivity index is 1.39. The Kier molecular flexibility index (Phi) is 6.49. The number of ether oxygens (including phenoxy) is 1. The van der Waals surface area contributed by atoms with Gasteiger partial charge < -0.3 is 14.5 Å². The molecule has 2 heterocycles. The second kappa shape index (κ2) is 9.45. The van der Waals surface area contributed by atoms with Crippen molar-refractivity contribution in [3.8, 4) is 5.75 Å². The molecule has 0 N–H and O–H groups in total.